The predicted octanol–water partition coefficient (Wildman–Crippen LogP) is 3.18. The van der Waals surface area contributed by atoms with Crippen molar-refractivity contribution in [2.45, 2.75) is 18.0 Å². The fraction of sp³-hybridized carbons (Fsp3) is 0.300. The zero-order valence-corrected chi connectivity index (χ0v) is 8.39. The number of rotatable bonds is 1. The molecule has 2 nitrogen and oxygen atoms in total. The van der Waals surface area contributed by atoms with Gasteiger partial charge in [0.05, 0.1) is 5.56 Å². The molecule has 0 spiro atoms. The van der Waals surface area contributed by atoms with E-state index in [1.165, 1.54) is 6.07 Å². The molecule has 2 rings (SSSR count). The maximum absolute atomic E-state index is 13.9. The van der Waals surface area contributed by atoms with Crippen LogP contribution < -0.4 is 0 Å². The first kappa shape index (κ1) is 12.7. The van der Waals surface area contributed by atoms with Crippen LogP contribution in [0.3, 0.4) is 0 Å². The second kappa shape index (κ2) is 3.39. The molecule has 0 N–H and O–H groups in total. The average molecular weight is 270 g/mol. The number of benzene rings is 1. The molecule has 18 heavy (non-hydrogen) atoms. The fourth-order valence-electron chi connectivity index (χ4n) is 1.59. The van der Waals surface area contributed by atoms with E-state index in [0.717, 1.165) is 12.1 Å². The number of alkyl halides is 6. The van der Waals surface area contributed by atoms with Crippen molar-refractivity contribution in [3.63, 3.8) is 0 Å². The van der Waals surface area contributed by atoms with Crippen LogP contribution in [0.4, 0.5) is 26.3 Å². The summed E-state index contributed by atoms with van der Waals surface area (Å²) in [5.74, 6) is -11.9. The molecule has 0 saturated carbocycles. The Hall–Kier alpha value is -1.73. The number of hydrogen-bond donors (Lipinski definition) is 0. The standard InChI is InChI=1S/C10H4F6O2/c11-8(9(12,13)10(14,15)16)6-4-2-1-3-5(6)7(17)18-8/h1-4H. The number of esters is 1. The number of cyclic esters (lactones) is 1. The highest BCUT2D eigenvalue weighted by Crippen LogP contribution is 2.54. The molecule has 1 aliphatic rings. The largest absolute Gasteiger partial charge is 0.461 e. The van der Waals surface area contributed by atoms with E-state index in [1.807, 2.05) is 0 Å². The summed E-state index contributed by atoms with van der Waals surface area (Å²) in [5.41, 5.74) is -1.78. The molecule has 0 bridgehead atoms. The van der Waals surface area contributed by atoms with Crippen molar-refractivity contribution < 1.29 is 35.9 Å². The van der Waals surface area contributed by atoms with Gasteiger partial charge in [-0.1, -0.05) is 18.2 Å². The van der Waals surface area contributed by atoms with Gasteiger partial charge in [0.15, 0.2) is 0 Å². The number of hydrogen-bond acceptors (Lipinski definition) is 2. The molecule has 1 aromatic rings. The van der Waals surface area contributed by atoms with Gasteiger partial charge in [-0.25, -0.2) is 4.79 Å². The molecular weight excluding hydrogens is 266 g/mol. The SMILES string of the molecule is O=C1OC(F)(C(F)(F)C(F)(F)F)c2ccccc21. The van der Waals surface area contributed by atoms with Crippen LogP contribution in [0.2, 0.25) is 0 Å². The highest BCUT2D eigenvalue weighted by atomic mass is 19.4. The Labute approximate surface area is 96.2 Å². The first-order valence-corrected chi connectivity index (χ1v) is 4.57. The molecule has 98 valence electrons. The van der Waals surface area contributed by atoms with Crippen LogP contribution in [0, 0.1) is 0 Å². The molecule has 0 amide bonds. The van der Waals surface area contributed by atoms with Gasteiger partial charge in [-0.3, -0.25) is 0 Å². The summed E-state index contributed by atoms with van der Waals surface area (Å²) in [6, 6.07) is 3.78. The van der Waals surface area contributed by atoms with Crippen molar-refractivity contribution in [2.24, 2.45) is 0 Å². The Morgan fingerprint density at radius 2 is 1.61 bits per heavy atom. The summed E-state index contributed by atoms with van der Waals surface area (Å²) < 4.78 is 80.3. The average Bonchev–Trinajstić information content (AvgIpc) is 2.52. The Balaban J connectivity index is 2.63. The molecule has 1 heterocycles. The highest BCUT2D eigenvalue weighted by Gasteiger charge is 2.77. The summed E-state index contributed by atoms with van der Waals surface area (Å²) in [7, 11) is 0. The zero-order chi connectivity index (χ0) is 13.8. The van der Waals surface area contributed by atoms with E-state index in [-0.39, 0.29) is 0 Å². The second-order valence-corrected chi connectivity index (χ2v) is 3.60. The van der Waals surface area contributed by atoms with E-state index >= 15 is 0 Å². The molecule has 1 unspecified atom stereocenters. The van der Waals surface area contributed by atoms with E-state index < -0.39 is 35.0 Å². The Morgan fingerprint density at radius 1 is 1.06 bits per heavy atom. The molecule has 0 aromatic heterocycles. The molecular formula is C10H4F6O2. The van der Waals surface area contributed by atoms with Gasteiger partial charge in [0.1, 0.15) is 0 Å². The van der Waals surface area contributed by atoms with Crippen LogP contribution >= 0.6 is 0 Å². The quantitative estimate of drug-likeness (QED) is 0.578. The Morgan fingerprint density at radius 3 is 2.17 bits per heavy atom. The molecule has 0 aliphatic carbocycles. The lowest BCUT2D eigenvalue weighted by atomic mass is 9.98. The van der Waals surface area contributed by atoms with Crippen molar-refractivity contribution in [1.82, 2.24) is 0 Å². The van der Waals surface area contributed by atoms with Crippen molar-refractivity contribution in [3.8, 4) is 0 Å². The minimum absolute atomic E-state index is 0.649. The van der Waals surface area contributed by atoms with Crippen molar-refractivity contribution >= 4 is 5.97 Å². The number of carbonyl (C=O) groups excluding carboxylic acids is 1. The van der Waals surface area contributed by atoms with Gasteiger partial charge < -0.3 is 4.74 Å². The molecule has 8 heteroatoms. The second-order valence-electron chi connectivity index (χ2n) is 3.60. The number of halogens is 6. The maximum Gasteiger partial charge on any atom is 0.461 e. The summed E-state index contributed by atoms with van der Waals surface area (Å²) in [6.07, 6.45) is -6.18. The van der Waals surface area contributed by atoms with Crippen LogP contribution in [0.5, 0.6) is 0 Å². The molecule has 1 atom stereocenters. The van der Waals surface area contributed by atoms with Crippen LogP contribution in [0.15, 0.2) is 24.3 Å². The highest BCUT2D eigenvalue weighted by molar-refractivity contribution is 5.94. The lowest BCUT2D eigenvalue weighted by Gasteiger charge is -2.30. The zero-order valence-electron chi connectivity index (χ0n) is 8.39. The first-order valence-electron chi connectivity index (χ1n) is 4.57. The van der Waals surface area contributed by atoms with Gasteiger partial charge in [-0.05, 0) is 6.07 Å². The maximum atomic E-state index is 13.9. The van der Waals surface area contributed by atoms with Crippen molar-refractivity contribution in [3.05, 3.63) is 35.4 Å². The van der Waals surface area contributed by atoms with Gasteiger partial charge in [0.25, 0.3) is 0 Å². The van der Waals surface area contributed by atoms with Crippen molar-refractivity contribution in [2.75, 3.05) is 0 Å². The normalized spacial score (nSPS) is 23.8. The lowest BCUT2D eigenvalue weighted by Crippen LogP contribution is -2.52. The summed E-state index contributed by atoms with van der Waals surface area (Å²) in [6.45, 7) is 0. The Kier molecular flexibility index (Phi) is 2.40. The minimum Gasteiger partial charge on any atom is -0.414 e. The Bertz CT molecular complexity index is 509. The lowest BCUT2D eigenvalue weighted by molar-refractivity contribution is -0.373. The van der Waals surface area contributed by atoms with Crippen LogP contribution in [-0.4, -0.2) is 18.1 Å². The topological polar surface area (TPSA) is 26.3 Å². The van der Waals surface area contributed by atoms with E-state index in [2.05, 4.69) is 4.74 Å². The third-order valence-electron chi connectivity index (χ3n) is 2.49. The monoisotopic (exact) mass is 270 g/mol. The van der Waals surface area contributed by atoms with Gasteiger partial charge >= 0.3 is 23.9 Å². The minimum atomic E-state index is -6.18. The number of ether oxygens (including phenoxy) is 1. The molecule has 0 fully saturated rings. The third-order valence-corrected chi connectivity index (χ3v) is 2.49. The van der Waals surface area contributed by atoms with Gasteiger partial charge in [-0.2, -0.15) is 26.3 Å². The van der Waals surface area contributed by atoms with Gasteiger partial charge in [0.2, 0.25) is 0 Å². The summed E-state index contributed by atoms with van der Waals surface area (Å²) in [5, 5.41) is 0. The molecule has 1 aromatic carbocycles. The van der Waals surface area contributed by atoms with Crippen LogP contribution in [0.1, 0.15) is 15.9 Å². The van der Waals surface area contributed by atoms with Crippen molar-refractivity contribution in [1.29, 1.82) is 0 Å². The summed E-state index contributed by atoms with van der Waals surface area (Å²) in [4.78, 5) is 11.1. The van der Waals surface area contributed by atoms with Gasteiger partial charge in [0, 0.05) is 5.56 Å². The van der Waals surface area contributed by atoms with E-state index in [4.69, 9.17) is 0 Å². The molecule has 0 saturated heterocycles. The van der Waals surface area contributed by atoms with E-state index in [0.29, 0.717) is 6.07 Å². The van der Waals surface area contributed by atoms with Crippen LogP contribution in [0.25, 0.3) is 0 Å². The van der Waals surface area contributed by atoms with E-state index in [9.17, 15) is 31.1 Å². The van der Waals surface area contributed by atoms with Gasteiger partial charge in [-0.15, -0.1) is 0 Å². The smallest absolute Gasteiger partial charge is 0.414 e. The number of carbonyl (C=O) groups is 1. The predicted molar refractivity (Wildman–Crippen MR) is 45.6 cm³/mol. The molecule has 0 radical (unpaired) electrons. The number of fused-ring (bicyclic) bond motifs is 1. The van der Waals surface area contributed by atoms with E-state index in [1.54, 1.807) is 0 Å². The van der Waals surface area contributed by atoms with Crippen LogP contribution in [-0.2, 0) is 10.6 Å². The third kappa shape index (κ3) is 1.41. The fourth-order valence-corrected chi connectivity index (χ4v) is 1.59. The summed E-state index contributed by atoms with van der Waals surface area (Å²) >= 11 is 0. The molecule has 1 aliphatic heterocycles. The first-order chi connectivity index (χ1) is 8.11.